The minimum Gasteiger partial charge on any atom is -0.412 e. The third-order valence-corrected chi connectivity index (χ3v) is 12.5. The second kappa shape index (κ2) is 16.8. The Morgan fingerprint density at radius 2 is 0.824 bits per heavy atom. The predicted octanol–water partition coefficient (Wildman–Crippen LogP) is 5.23. The molecule has 17 heavy (non-hydrogen) atoms. The summed E-state index contributed by atoms with van der Waals surface area (Å²) in [6.45, 7) is 6.99. The normalized spacial score (nSPS) is 10.6. The zero-order valence-electron chi connectivity index (χ0n) is 12.5. The Kier molecular flexibility index (Phi) is 19.8. The molecule has 0 spiro atoms. The minimum absolute atomic E-state index is 0. The van der Waals surface area contributed by atoms with Crippen molar-refractivity contribution in [3.8, 4) is 0 Å². The summed E-state index contributed by atoms with van der Waals surface area (Å²) in [5, 5.41) is 0. The maximum Gasteiger partial charge on any atom is -0.412 e. The maximum absolute atomic E-state index is 2.33. The molecule has 0 saturated carbocycles. The first-order valence-electron chi connectivity index (χ1n) is 7.68. The first kappa shape index (κ1) is 20.1. The van der Waals surface area contributed by atoms with Gasteiger partial charge in [0.05, 0.1) is 0 Å². The molecule has 0 aromatic rings. The van der Waals surface area contributed by atoms with Crippen molar-refractivity contribution >= 4 is 19.8 Å². The first-order valence-corrected chi connectivity index (χ1v) is 13.7. The van der Waals surface area contributed by atoms with Crippen LogP contribution in [0, 0.1) is 0 Å². The van der Waals surface area contributed by atoms with Crippen LogP contribution in [0.3, 0.4) is 0 Å². The van der Waals surface area contributed by atoms with Crippen LogP contribution in [0.5, 0.6) is 0 Å². The van der Waals surface area contributed by atoms with E-state index in [1.807, 2.05) is 0 Å². The van der Waals surface area contributed by atoms with E-state index < -0.39 is 19.8 Å². The molecular weight excluding hydrogens is 315 g/mol. The van der Waals surface area contributed by atoms with Gasteiger partial charge in [0.2, 0.25) is 0 Å². The van der Waals surface area contributed by atoms with Gasteiger partial charge in [-0.1, -0.05) is 0 Å². The van der Waals surface area contributed by atoms with Gasteiger partial charge in [-0.3, -0.25) is 0 Å². The average molecular weight is 350 g/mol. The van der Waals surface area contributed by atoms with E-state index in [1.165, 1.54) is 38.5 Å². The molecule has 0 rings (SSSR count). The molecule has 0 aliphatic heterocycles. The largest absolute Gasteiger partial charge is 0.412 e. The molecular formula is C15H35OSn. The smallest absolute Gasteiger partial charge is 0.412 e. The molecule has 105 valence electrons. The van der Waals surface area contributed by atoms with Gasteiger partial charge in [0, 0.05) is 0 Å². The van der Waals surface area contributed by atoms with Crippen molar-refractivity contribution in [1.29, 1.82) is 0 Å². The second-order valence-corrected chi connectivity index (χ2v) is 13.7. The van der Waals surface area contributed by atoms with Gasteiger partial charge in [0.15, 0.2) is 0 Å². The Hall–Kier alpha value is 0.759. The van der Waals surface area contributed by atoms with Crippen LogP contribution < -0.4 is 0 Å². The number of hydrogen-bond acceptors (Lipinski definition) is 0. The van der Waals surface area contributed by atoms with Crippen LogP contribution in [-0.2, 0) is 0 Å². The minimum atomic E-state index is -0.900. The zero-order chi connectivity index (χ0) is 12.1. The second-order valence-electron chi connectivity index (χ2n) is 5.12. The van der Waals surface area contributed by atoms with Gasteiger partial charge in [0.1, 0.15) is 0 Å². The standard InChI is InChI=1S/3C5H11.H2O.Sn/c3*1-3-5-4-2;;/h3*1,3-5H2,2H3;1H2;. The Bertz CT molecular complexity index is 104. The fourth-order valence-electron chi connectivity index (χ4n) is 2.25. The Balaban J connectivity index is 0. The molecule has 0 atom stereocenters. The van der Waals surface area contributed by atoms with Gasteiger partial charge in [-0.05, 0) is 0 Å². The molecule has 0 aliphatic carbocycles. The topological polar surface area (TPSA) is 31.5 Å². The van der Waals surface area contributed by atoms with E-state index in [2.05, 4.69) is 20.8 Å². The summed E-state index contributed by atoms with van der Waals surface area (Å²) >= 11 is -0.900. The van der Waals surface area contributed by atoms with Crippen molar-refractivity contribution in [3.05, 3.63) is 0 Å². The van der Waals surface area contributed by atoms with Crippen LogP contribution in [0.25, 0.3) is 0 Å². The fourth-order valence-corrected chi connectivity index (χ4v) is 10.8. The van der Waals surface area contributed by atoms with Crippen LogP contribution >= 0.6 is 0 Å². The molecule has 1 nitrogen and oxygen atoms in total. The summed E-state index contributed by atoms with van der Waals surface area (Å²) in [5.74, 6) is 0. The van der Waals surface area contributed by atoms with Crippen LogP contribution in [0.2, 0.25) is 13.3 Å². The van der Waals surface area contributed by atoms with E-state index in [-0.39, 0.29) is 5.48 Å². The van der Waals surface area contributed by atoms with Crippen molar-refractivity contribution in [2.24, 2.45) is 0 Å². The van der Waals surface area contributed by atoms with Crippen LogP contribution in [0.4, 0.5) is 0 Å². The summed E-state index contributed by atoms with van der Waals surface area (Å²) in [7, 11) is 0. The van der Waals surface area contributed by atoms with Crippen LogP contribution in [0.1, 0.15) is 78.6 Å². The third kappa shape index (κ3) is 14.7. The van der Waals surface area contributed by atoms with Gasteiger partial charge in [-0.25, -0.2) is 0 Å². The van der Waals surface area contributed by atoms with E-state index >= 15 is 0 Å². The molecule has 0 aromatic carbocycles. The van der Waals surface area contributed by atoms with Crippen molar-refractivity contribution in [1.82, 2.24) is 0 Å². The van der Waals surface area contributed by atoms with E-state index in [0.29, 0.717) is 0 Å². The molecule has 0 aliphatic rings. The number of hydrogen-bond donors (Lipinski definition) is 0. The number of unbranched alkanes of at least 4 members (excludes halogenated alkanes) is 6. The van der Waals surface area contributed by atoms with E-state index in [4.69, 9.17) is 0 Å². The summed E-state index contributed by atoms with van der Waals surface area (Å²) in [5.41, 5.74) is 0. The van der Waals surface area contributed by atoms with Crippen molar-refractivity contribution in [3.63, 3.8) is 0 Å². The van der Waals surface area contributed by atoms with E-state index in [9.17, 15) is 0 Å². The van der Waals surface area contributed by atoms with Crippen molar-refractivity contribution in [2.45, 2.75) is 91.9 Å². The molecule has 0 bridgehead atoms. The molecule has 0 fully saturated rings. The molecule has 1 radical (unpaired) electrons. The average Bonchev–Trinajstić information content (AvgIpc) is 2.29. The monoisotopic (exact) mass is 351 g/mol. The predicted molar refractivity (Wildman–Crippen MR) is 82.4 cm³/mol. The Labute approximate surface area is 117 Å². The maximum atomic E-state index is 2.33. The van der Waals surface area contributed by atoms with E-state index in [0.717, 1.165) is 0 Å². The van der Waals surface area contributed by atoms with Gasteiger partial charge < -0.3 is 5.48 Å². The summed E-state index contributed by atoms with van der Waals surface area (Å²) in [4.78, 5) is 0. The Morgan fingerprint density at radius 3 is 1.06 bits per heavy atom. The molecule has 0 unspecified atom stereocenters. The number of rotatable bonds is 12. The van der Waals surface area contributed by atoms with Gasteiger partial charge in [-0.15, -0.1) is 0 Å². The quantitative estimate of drug-likeness (QED) is 0.341. The molecule has 0 saturated heterocycles. The summed E-state index contributed by atoms with van der Waals surface area (Å²) in [6.07, 6.45) is 13.4. The fraction of sp³-hybridized carbons (Fsp3) is 1.00. The third-order valence-electron chi connectivity index (χ3n) is 3.40. The van der Waals surface area contributed by atoms with E-state index in [1.54, 1.807) is 32.6 Å². The molecule has 0 heterocycles. The van der Waals surface area contributed by atoms with Crippen molar-refractivity contribution < 1.29 is 5.48 Å². The summed E-state index contributed by atoms with van der Waals surface area (Å²) < 4.78 is 5.09. The van der Waals surface area contributed by atoms with Gasteiger partial charge in [-0.2, -0.15) is 0 Å². The zero-order valence-corrected chi connectivity index (χ0v) is 15.3. The molecule has 2 heteroatoms. The molecule has 0 amide bonds. The molecule has 0 aromatic heterocycles. The van der Waals surface area contributed by atoms with Gasteiger partial charge >= 0.3 is 112 Å². The van der Waals surface area contributed by atoms with Crippen molar-refractivity contribution in [2.75, 3.05) is 0 Å². The Morgan fingerprint density at radius 1 is 0.529 bits per heavy atom. The molecule has 2 N–H and O–H groups in total. The first-order chi connectivity index (χ1) is 7.85. The van der Waals surface area contributed by atoms with Gasteiger partial charge in [0.25, 0.3) is 0 Å². The summed E-state index contributed by atoms with van der Waals surface area (Å²) in [6, 6.07) is 0. The van der Waals surface area contributed by atoms with Crippen LogP contribution in [0.15, 0.2) is 0 Å². The van der Waals surface area contributed by atoms with Crippen LogP contribution in [-0.4, -0.2) is 25.2 Å². The SMILES string of the molecule is CCCC[CH2][Sn]([CH2]CCCC)[CH2]CCCC.O.